The number of aliphatic hydroxyl groups is 1. The number of rotatable bonds is 7. The third-order valence-electron chi connectivity index (χ3n) is 3.63. The van der Waals surface area contributed by atoms with Crippen molar-refractivity contribution in [2.75, 3.05) is 6.61 Å². The lowest BCUT2D eigenvalue weighted by molar-refractivity contribution is 0.138. The number of nitrogens with one attached hydrogen (secondary N) is 1. The maximum absolute atomic E-state index is 9.60. The lowest BCUT2D eigenvalue weighted by Crippen LogP contribution is -2.49. The predicted octanol–water partition coefficient (Wildman–Crippen LogP) is 2.78. The first-order chi connectivity index (χ1) is 8.71. The van der Waals surface area contributed by atoms with Crippen LogP contribution >= 0.6 is 0 Å². The average molecular weight is 246 g/mol. The van der Waals surface area contributed by atoms with Gasteiger partial charge in [0.25, 0.3) is 0 Å². The summed E-state index contributed by atoms with van der Waals surface area (Å²) in [6, 6.07) is 12.1. The number of nitrogens with zero attached hydrogens (tertiary/aromatic N) is 1. The van der Waals surface area contributed by atoms with E-state index in [1.807, 2.05) is 30.3 Å². The van der Waals surface area contributed by atoms with E-state index in [1.165, 1.54) is 0 Å². The molecule has 98 valence electrons. The molecular formula is C15H22N2O. The van der Waals surface area contributed by atoms with Gasteiger partial charge in [-0.15, -0.1) is 0 Å². The van der Waals surface area contributed by atoms with Crippen molar-refractivity contribution in [3.63, 3.8) is 0 Å². The van der Waals surface area contributed by atoms with Gasteiger partial charge >= 0.3 is 0 Å². The molecule has 0 amide bonds. The van der Waals surface area contributed by atoms with Crippen LogP contribution in [0.2, 0.25) is 0 Å². The van der Waals surface area contributed by atoms with Crippen molar-refractivity contribution in [1.29, 1.82) is 5.26 Å². The molecule has 0 bridgehead atoms. The smallest absolute Gasteiger partial charge is 0.0641 e. The molecule has 0 aromatic heterocycles. The van der Waals surface area contributed by atoms with Crippen molar-refractivity contribution in [2.45, 2.75) is 44.7 Å². The van der Waals surface area contributed by atoms with Gasteiger partial charge in [-0.25, -0.2) is 0 Å². The third kappa shape index (κ3) is 3.56. The van der Waals surface area contributed by atoms with E-state index in [0.717, 1.165) is 18.4 Å². The van der Waals surface area contributed by atoms with Gasteiger partial charge in [0, 0.05) is 11.6 Å². The highest BCUT2D eigenvalue weighted by Crippen LogP contribution is 2.23. The van der Waals surface area contributed by atoms with Crippen molar-refractivity contribution < 1.29 is 5.11 Å². The molecule has 0 heterocycles. The molecule has 3 heteroatoms. The SMILES string of the molecule is CCC(CC)(CO)NC(CC#N)c1ccccc1. The van der Waals surface area contributed by atoms with Crippen LogP contribution in [0.3, 0.4) is 0 Å². The van der Waals surface area contributed by atoms with E-state index in [0.29, 0.717) is 6.42 Å². The molecule has 0 radical (unpaired) electrons. The van der Waals surface area contributed by atoms with Crippen LogP contribution in [0.5, 0.6) is 0 Å². The molecule has 18 heavy (non-hydrogen) atoms. The zero-order valence-corrected chi connectivity index (χ0v) is 11.2. The van der Waals surface area contributed by atoms with E-state index in [9.17, 15) is 5.11 Å². The summed E-state index contributed by atoms with van der Waals surface area (Å²) in [6.45, 7) is 4.21. The molecule has 2 N–H and O–H groups in total. The van der Waals surface area contributed by atoms with E-state index >= 15 is 0 Å². The molecule has 1 atom stereocenters. The number of aliphatic hydroxyl groups excluding tert-OH is 1. The number of benzene rings is 1. The van der Waals surface area contributed by atoms with Crippen LogP contribution in [-0.4, -0.2) is 17.3 Å². The normalized spacial score (nSPS) is 13.0. The molecule has 0 fully saturated rings. The largest absolute Gasteiger partial charge is 0.394 e. The van der Waals surface area contributed by atoms with Crippen LogP contribution < -0.4 is 5.32 Å². The maximum Gasteiger partial charge on any atom is 0.0641 e. The van der Waals surface area contributed by atoms with E-state index in [-0.39, 0.29) is 18.2 Å². The number of hydrogen-bond donors (Lipinski definition) is 2. The molecular weight excluding hydrogens is 224 g/mol. The predicted molar refractivity (Wildman–Crippen MR) is 72.9 cm³/mol. The van der Waals surface area contributed by atoms with Gasteiger partial charge in [0.15, 0.2) is 0 Å². The Hall–Kier alpha value is -1.37. The number of hydrogen-bond acceptors (Lipinski definition) is 3. The summed E-state index contributed by atoms with van der Waals surface area (Å²) in [6.07, 6.45) is 2.09. The topological polar surface area (TPSA) is 56.0 Å². The van der Waals surface area contributed by atoms with Gasteiger partial charge in [-0.3, -0.25) is 0 Å². The minimum absolute atomic E-state index is 0.0248. The zero-order chi connectivity index (χ0) is 13.4. The molecule has 0 aliphatic carbocycles. The van der Waals surface area contributed by atoms with Gasteiger partial charge < -0.3 is 10.4 Å². The molecule has 0 aliphatic rings. The van der Waals surface area contributed by atoms with Gasteiger partial charge in [0.1, 0.15) is 0 Å². The Morgan fingerprint density at radius 2 is 1.89 bits per heavy atom. The van der Waals surface area contributed by atoms with Crippen molar-refractivity contribution in [3.05, 3.63) is 35.9 Å². The fourth-order valence-corrected chi connectivity index (χ4v) is 2.12. The Kier molecular flexibility index (Phi) is 5.84. The van der Waals surface area contributed by atoms with Crippen LogP contribution in [0.1, 0.15) is 44.7 Å². The molecule has 1 aromatic carbocycles. The Morgan fingerprint density at radius 1 is 1.28 bits per heavy atom. The molecule has 0 saturated heterocycles. The van der Waals surface area contributed by atoms with Crippen LogP contribution in [0, 0.1) is 11.3 Å². The van der Waals surface area contributed by atoms with E-state index in [1.54, 1.807) is 0 Å². The minimum Gasteiger partial charge on any atom is -0.394 e. The second kappa shape index (κ2) is 7.15. The van der Waals surface area contributed by atoms with Crippen molar-refractivity contribution in [1.82, 2.24) is 5.32 Å². The molecule has 0 aliphatic heterocycles. The summed E-state index contributed by atoms with van der Waals surface area (Å²) in [7, 11) is 0. The van der Waals surface area contributed by atoms with E-state index < -0.39 is 0 Å². The highest BCUT2D eigenvalue weighted by molar-refractivity contribution is 5.20. The van der Waals surface area contributed by atoms with Crippen LogP contribution in [-0.2, 0) is 0 Å². The second-order valence-electron chi connectivity index (χ2n) is 4.62. The van der Waals surface area contributed by atoms with Crippen LogP contribution in [0.4, 0.5) is 0 Å². The van der Waals surface area contributed by atoms with E-state index in [4.69, 9.17) is 5.26 Å². The fourth-order valence-electron chi connectivity index (χ4n) is 2.12. The monoisotopic (exact) mass is 246 g/mol. The van der Waals surface area contributed by atoms with Crippen LogP contribution in [0.15, 0.2) is 30.3 Å². The lowest BCUT2D eigenvalue weighted by Gasteiger charge is -2.35. The van der Waals surface area contributed by atoms with Gasteiger partial charge in [-0.05, 0) is 18.4 Å². The Bertz CT molecular complexity index is 371. The first kappa shape index (κ1) is 14.7. The standard InChI is InChI=1S/C15H22N2O/c1-3-15(4-2,12-18)17-14(10-11-16)13-8-6-5-7-9-13/h5-9,14,17-18H,3-4,10,12H2,1-2H3. The Balaban J connectivity index is 2.90. The molecule has 3 nitrogen and oxygen atoms in total. The highest BCUT2D eigenvalue weighted by atomic mass is 16.3. The second-order valence-corrected chi connectivity index (χ2v) is 4.62. The summed E-state index contributed by atoms with van der Waals surface area (Å²) in [5.41, 5.74) is 0.802. The van der Waals surface area contributed by atoms with Crippen molar-refractivity contribution in [3.8, 4) is 6.07 Å². The van der Waals surface area contributed by atoms with Crippen LogP contribution in [0.25, 0.3) is 0 Å². The van der Waals surface area contributed by atoms with Gasteiger partial charge in [0.2, 0.25) is 0 Å². The summed E-state index contributed by atoms with van der Waals surface area (Å²) in [5.74, 6) is 0. The van der Waals surface area contributed by atoms with Gasteiger partial charge in [-0.1, -0.05) is 44.2 Å². The quantitative estimate of drug-likeness (QED) is 0.777. The first-order valence-electron chi connectivity index (χ1n) is 6.51. The molecule has 0 saturated carbocycles. The van der Waals surface area contributed by atoms with Crippen molar-refractivity contribution >= 4 is 0 Å². The summed E-state index contributed by atoms with van der Waals surface area (Å²) in [5, 5.41) is 22.0. The van der Waals surface area contributed by atoms with Crippen molar-refractivity contribution in [2.24, 2.45) is 0 Å². The highest BCUT2D eigenvalue weighted by Gasteiger charge is 2.28. The Morgan fingerprint density at radius 3 is 2.33 bits per heavy atom. The Labute approximate surface area is 109 Å². The van der Waals surface area contributed by atoms with Gasteiger partial charge in [-0.2, -0.15) is 5.26 Å². The molecule has 0 spiro atoms. The summed E-state index contributed by atoms with van der Waals surface area (Å²) >= 11 is 0. The minimum atomic E-state index is -0.294. The molecule has 1 rings (SSSR count). The zero-order valence-electron chi connectivity index (χ0n) is 11.2. The summed E-state index contributed by atoms with van der Waals surface area (Å²) in [4.78, 5) is 0. The van der Waals surface area contributed by atoms with E-state index in [2.05, 4.69) is 25.2 Å². The first-order valence-corrected chi connectivity index (χ1v) is 6.51. The third-order valence-corrected chi connectivity index (χ3v) is 3.63. The molecule has 1 unspecified atom stereocenters. The van der Waals surface area contributed by atoms with Gasteiger partial charge in [0.05, 0.1) is 19.1 Å². The lowest BCUT2D eigenvalue weighted by atomic mass is 9.90. The number of nitriles is 1. The fraction of sp³-hybridized carbons (Fsp3) is 0.533. The maximum atomic E-state index is 9.60. The molecule has 1 aromatic rings. The summed E-state index contributed by atoms with van der Waals surface area (Å²) < 4.78 is 0. The average Bonchev–Trinajstić information content (AvgIpc) is 2.45.